The quantitative estimate of drug-likeness (QED) is 0.676. The molecule has 1 aliphatic rings. The van der Waals surface area contributed by atoms with Crippen LogP contribution in [0.4, 0.5) is 0 Å². The Morgan fingerprint density at radius 1 is 1.16 bits per heavy atom. The molecule has 0 atom stereocenters. The summed E-state index contributed by atoms with van der Waals surface area (Å²) in [5, 5.41) is 0. The van der Waals surface area contributed by atoms with Gasteiger partial charge in [0.25, 0.3) is 0 Å². The molecule has 0 aliphatic carbocycles. The van der Waals surface area contributed by atoms with Crippen molar-refractivity contribution in [2.24, 2.45) is 0 Å². The molecule has 1 aliphatic heterocycles. The topological polar surface area (TPSA) is 71.5 Å². The first-order valence-electron chi connectivity index (χ1n) is 7.48. The number of thiophene rings is 1. The predicted octanol–water partition coefficient (Wildman–Crippen LogP) is 3.88. The molecule has 0 radical (unpaired) electrons. The number of fused-ring (bicyclic) bond motifs is 1. The van der Waals surface area contributed by atoms with Crippen LogP contribution in [0.1, 0.15) is 25.6 Å². The zero-order valence-electron chi connectivity index (χ0n) is 14.2. The second-order valence-corrected chi connectivity index (χ2v) is 12.7. The minimum atomic E-state index is -3.55. The molecule has 2 heterocycles. The van der Waals surface area contributed by atoms with Crippen LogP contribution in [0.25, 0.3) is 10.4 Å². The molecule has 0 amide bonds. The van der Waals surface area contributed by atoms with Crippen LogP contribution >= 0.6 is 27.3 Å². The molecule has 0 saturated heterocycles. The maximum atomic E-state index is 12.9. The first kappa shape index (κ1) is 19.0. The van der Waals surface area contributed by atoms with Gasteiger partial charge in [-0.15, -0.1) is 11.3 Å². The van der Waals surface area contributed by atoms with E-state index in [9.17, 15) is 16.8 Å². The Hall–Kier alpha value is -0.740. The van der Waals surface area contributed by atoms with E-state index in [0.717, 1.165) is 21.6 Å². The molecule has 0 fully saturated rings. The molecule has 0 spiro atoms. The Balaban J connectivity index is 2.08. The van der Waals surface area contributed by atoms with E-state index in [1.807, 2.05) is 20.8 Å². The highest BCUT2D eigenvalue weighted by molar-refractivity contribution is 9.10. The number of hydrogen-bond acceptors (Lipinski definition) is 5. The molecule has 25 heavy (non-hydrogen) atoms. The number of rotatable bonds is 2. The lowest BCUT2D eigenvalue weighted by Gasteiger charge is -2.30. The largest absolute Gasteiger partial charge is 0.246 e. The van der Waals surface area contributed by atoms with Crippen molar-refractivity contribution in [3.8, 4) is 10.4 Å². The average molecular weight is 464 g/mol. The van der Waals surface area contributed by atoms with Gasteiger partial charge in [0.05, 0.1) is 20.8 Å². The number of halogens is 1. The summed E-state index contributed by atoms with van der Waals surface area (Å²) in [5.74, 6) is 0. The van der Waals surface area contributed by atoms with E-state index in [2.05, 4.69) is 15.9 Å². The van der Waals surface area contributed by atoms with Crippen molar-refractivity contribution in [3.05, 3.63) is 33.6 Å². The van der Waals surface area contributed by atoms with Crippen molar-refractivity contribution in [1.82, 2.24) is 4.31 Å². The Morgan fingerprint density at radius 2 is 1.72 bits per heavy atom. The maximum absolute atomic E-state index is 12.9. The average Bonchev–Trinajstić information content (AvgIpc) is 2.93. The summed E-state index contributed by atoms with van der Waals surface area (Å²) in [5.41, 5.74) is 0.296. The third-order valence-electron chi connectivity index (χ3n) is 4.01. The SMILES string of the molecule is CC(C)(C)N1Cc2sc(-c3ccc(S(C)(=O)=O)cc3)c(Br)c2S1(=O)=O. The number of sulfone groups is 1. The Bertz CT molecular complexity index is 1050. The van der Waals surface area contributed by atoms with Crippen LogP contribution in [0.5, 0.6) is 0 Å². The van der Waals surface area contributed by atoms with Crippen LogP contribution in [0.15, 0.2) is 38.5 Å². The van der Waals surface area contributed by atoms with Crippen molar-refractivity contribution in [1.29, 1.82) is 0 Å². The van der Waals surface area contributed by atoms with Gasteiger partial charge in [-0.3, -0.25) is 0 Å². The van der Waals surface area contributed by atoms with Crippen LogP contribution in [0.3, 0.4) is 0 Å². The minimum Gasteiger partial charge on any atom is -0.224 e. The third kappa shape index (κ3) is 3.21. The Kier molecular flexibility index (Phi) is 4.48. The molecule has 0 unspecified atom stereocenters. The summed E-state index contributed by atoms with van der Waals surface area (Å²) in [7, 11) is -6.81. The van der Waals surface area contributed by atoms with Crippen LogP contribution in [-0.2, 0) is 26.4 Å². The van der Waals surface area contributed by atoms with Gasteiger partial charge in [-0.1, -0.05) is 12.1 Å². The first-order valence-corrected chi connectivity index (χ1v) is 12.4. The summed E-state index contributed by atoms with van der Waals surface area (Å²) in [6.45, 7) is 5.98. The molecular weight excluding hydrogens is 446 g/mol. The lowest BCUT2D eigenvalue weighted by Crippen LogP contribution is -2.41. The molecule has 1 aromatic carbocycles. The zero-order chi connectivity index (χ0) is 18.8. The summed E-state index contributed by atoms with van der Waals surface area (Å²) < 4.78 is 51.0. The van der Waals surface area contributed by atoms with E-state index in [-0.39, 0.29) is 4.90 Å². The highest BCUT2D eigenvalue weighted by Crippen LogP contribution is 2.49. The number of sulfonamides is 1. The molecule has 0 saturated carbocycles. The highest BCUT2D eigenvalue weighted by atomic mass is 79.9. The smallest absolute Gasteiger partial charge is 0.224 e. The standard InChI is InChI=1S/C16H18BrNO4S3/c1-16(2,3)18-9-12-15(25(18,21)22)13(17)14(23-12)10-5-7-11(8-6-10)24(4,19)20/h5-8H,9H2,1-4H3. The maximum Gasteiger partial charge on any atom is 0.246 e. The van der Waals surface area contributed by atoms with Gasteiger partial charge in [-0.2, -0.15) is 4.31 Å². The molecule has 3 rings (SSSR count). The fraction of sp³-hybridized carbons (Fsp3) is 0.375. The van der Waals surface area contributed by atoms with E-state index >= 15 is 0 Å². The van der Waals surface area contributed by atoms with Crippen molar-refractivity contribution < 1.29 is 16.8 Å². The number of hydrogen-bond donors (Lipinski definition) is 0. The van der Waals surface area contributed by atoms with Gasteiger partial charge < -0.3 is 0 Å². The second-order valence-electron chi connectivity index (χ2n) is 6.98. The van der Waals surface area contributed by atoms with Gasteiger partial charge in [0, 0.05) is 16.7 Å². The number of benzene rings is 1. The van der Waals surface area contributed by atoms with Crippen LogP contribution in [0.2, 0.25) is 0 Å². The highest BCUT2D eigenvalue weighted by Gasteiger charge is 2.44. The summed E-state index contributed by atoms with van der Waals surface area (Å²) >= 11 is 4.87. The van der Waals surface area contributed by atoms with Gasteiger partial charge in [-0.25, -0.2) is 16.8 Å². The fourth-order valence-electron chi connectivity index (χ4n) is 2.76. The first-order chi connectivity index (χ1) is 11.3. The van der Waals surface area contributed by atoms with Crippen LogP contribution in [-0.4, -0.2) is 32.9 Å². The lowest BCUT2D eigenvalue weighted by molar-refractivity contribution is 0.253. The molecular formula is C16H18BrNO4S3. The molecule has 2 aromatic rings. The van der Waals surface area contributed by atoms with Gasteiger partial charge in [-0.05, 0) is 54.4 Å². The molecule has 9 heteroatoms. The van der Waals surface area contributed by atoms with E-state index in [1.54, 1.807) is 12.1 Å². The predicted molar refractivity (Wildman–Crippen MR) is 103 cm³/mol. The zero-order valence-corrected chi connectivity index (χ0v) is 18.2. The van der Waals surface area contributed by atoms with Gasteiger partial charge in [0.1, 0.15) is 4.90 Å². The summed E-state index contributed by atoms with van der Waals surface area (Å²) in [6, 6.07) is 6.49. The summed E-state index contributed by atoms with van der Waals surface area (Å²) in [4.78, 5) is 2.16. The normalized spacial score (nSPS) is 17.6. The van der Waals surface area contributed by atoms with Crippen molar-refractivity contribution in [3.63, 3.8) is 0 Å². The van der Waals surface area contributed by atoms with Gasteiger partial charge >= 0.3 is 0 Å². The van der Waals surface area contributed by atoms with E-state index < -0.39 is 25.4 Å². The molecule has 5 nitrogen and oxygen atoms in total. The van der Waals surface area contributed by atoms with Crippen LogP contribution in [0, 0.1) is 0 Å². The Labute approximate surface area is 160 Å². The molecule has 0 bridgehead atoms. The lowest BCUT2D eigenvalue weighted by atomic mass is 10.1. The summed E-state index contributed by atoms with van der Waals surface area (Å²) in [6.07, 6.45) is 1.16. The van der Waals surface area contributed by atoms with Gasteiger partial charge in [0.15, 0.2) is 9.84 Å². The molecule has 136 valence electrons. The molecule has 0 N–H and O–H groups in total. The third-order valence-corrected chi connectivity index (χ3v) is 10.0. The number of nitrogens with zero attached hydrogens (tertiary/aromatic N) is 1. The van der Waals surface area contributed by atoms with Crippen LogP contribution < -0.4 is 0 Å². The Morgan fingerprint density at radius 3 is 2.16 bits per heavy atom. The fourth-order valence-corrected chi connectivity index (χ4v) is 8.44. The van der Waals surface area contributed by atoms with E-state index in [0.29, 0.717) is 15.9 Å². The molecule has 1 aromatic heterocycles. The van der Waals surface area contributed by atoms with Gasteiger partial charge in [0.2, 0.25) is 10.0 Å². The monoisotopic (exact) mass is 463 g/mol. The van der Waals surface area contributed by atoms with Crippen molar-refractivity contribution >= 4 is 47.1 Å². The minimum absolute atomic E-state index is 0.239. The van der Waals surface area contributed by atoms with E-state index in [4.69, 9.17) is 0 Å². The second kappa shape index (κ2) is 5.88. The van der Waals surface area contributed by atoms with E-state index in [1.165, 1.54) is 27.8 Å². The van der Waals surface area contributed by atoms with Crippen molar-refractivity contribution in [2.75, 3.05) is 6.26 Å². The van der Waals surface area contributed by atoms with Crippen molar-refractivity contribution in [2.45, 2.75) is 42.6 Å².